The molecule has 38 heavy (non-hydrogen) atoms. The lowest BCUT2D eigenvalue weighted by molar-refractivity contribution is -0.138. The summed E-state index contributed by atoms with van der Waals surface area (Å²) in [5.74, 6) is -1.17. The van der Waals surface area contributed by atoms with Gasteiger partial charge in [-0.1, -0.05) is 76.2 Å². The Balaban J connectivity index is 2.51. The van der Waals surface area contributed by atoms with Crippen molar-refractivity contribution in [3.05, 3.63) is 72.1 Å². The molecule has 0 saturated heterocycles. The minimum absolute atomic E-state index is 0.00319. The second-order valence-electron chi connectivity index (χ2n) is 10.6. The minimum atomic E-state index is -4.02. The number of benzene rings is 1. The first-order valence-electron chi connectivity index (χ1n) is 12.8. The zero-order chi connectivity index (χ0) is 28.4. The van der Waals surface area contributed by atoms with Crippen LogP contribution >= 0.6 is 0 Å². The maximum Gasteiger partial charge on any atom is 0.363 e. The molecular formula is C28H40N4O5S. The molecule has 0 aliphatic carbocycles. The molecule has 2 aromatic rings. The van der Waals surface area contributed by atoms with E-state index in [-0.39, 0.29) is 18.1 Å². The lowest BCUT2D eigenvalue weighted by Gasteiger charge is -2.41. The van der Waals surface area contributed by atoms with Gasteiger partial charge in [0.1, 0.15) is 0 Å². The molecule has 3 N–H and O–H groups in total. The summed E-state index contributed by atoms with van der Waals surface area (Å²) >= 11 is 0. The number of aromatic nitrogens is 1. The van der Waals surface area contributed by atoms with Crippen molar-refractivity contribution in [3.8, 4) is 0 Å². The summed E-state index contributed by atoms with van der Waals surface area (Å²) in [4.78, 5) is 33.4. The number of pyridine rings is 1. The number of sulfonamides is 1. The van der Waals surface area contributed by atoms with Crippen LogP contribution in [-0.4, -0.2) is 41.3 Å². The van der Waals surface area contributed by atoms with E-state index in [1.54, 1.807) is 24.4 Å². The van der Waals surface area contributed by atoms with E-state index in [4.69, 9.17) is 0 Å². The SMILES string of the molecule is CCS(=O)(=O)NN(C(=O)NO)C(=O)[C@](CC(C)C)(CC(C)(C)CCC=Cc1ccccc1)c1ccccn1. The summed E-state index contributed by atoms with van der Waals surface area (Å²) in [6, 6.07) is 13.9. The minimum Gasteiger partial charge on any atom is -0.287 e. The fourth-order valence-corrected chi connectivity index (χ4v) is 5.26. The topological polar surface area (TPSA) is 129 Å². The highest BCUT2D eigenvalue weighted by Crippen LogP contribution is 2.44. The van der Waals surface area contributed by atoms with Crippen molar-refractivity contribution in [2.24, 2.45) is 11.3 Å². The number of hydrazine groups is 1. The van der Waals surface area contributed by atoms with Crippen molar-refractivity contribution in [2.75, 3.05) is 5.75 Å². The van der Waals surface area contributed by atoms with E-state index in [2.05, 4.69) is 11.1 Å². The number of allylic oxidation sites excluding steroid dienone is 1. The molecule has 1 heterocycles. The fraction of sp³-hybridized carbons (Fsp3) is 0.464. The third kappa shape index (κ3) is 8.75. The Morgan fingerprint density at radius 3 is 2.32 bits per heavy atom. The molecule has 9 nitrogen and oxygen atoms in total. The second kappa shape index (κ2) is 13.6. The molecular weight excluding hydrogens is 504 g/mol. The van der Waals surface area contributed by atoms with E-state index >= 15 is 0 Å². The van der Waals surface area contributed by atoms with Crippen molar-refractivity contribution in [1.29, 1.82) is 0 Å². The molecule has 1 aromatic carbocycles. The Hall–Kier alpha value is -3.08. The molecule has 0 radical (unpaired) electrons. The van der Waals surface area contributed by atoms with Gasteiger partial charge < -0.3 is 0 Å². The highest BCUT2D eigenvalue weighted by atomic mass is 32.2. The van der Waals surface area contributed by atoms with Crippen molar-refractivity contribution in [2.45, 2.75) is 65.7 Å². The van der Waals surface area contributed by atoms with Crippen LogP contribution in [0.3, 0.4) is 0 Å². The number of urea groups is 1. The van der Waals surface area contributed by atoms with Gasteiger partial charge in [-0.2, -0.15) is 5.01 Å². The van der Waals surface area contributed by atoms with E-state index in [9.17, 15) is 23.2 Å². The molecule has 2 rings (SSSR count). The van der Waals surface area contributed by atoms with Crippen LogP contribution in [0, 0.1) is 11.3 Å². The second-order valence-corrected chi connectivity index (χ2v) is 12.6. The third-order valence-corrected chi connectivity index (χ3v) is 7.53. The third-order valence-electron chi connectivity index (χ3n) is 6.31. The van der Waals surface area contributed by atoms with Gasteiger partial charge in [-0.05, 0) is 61.6 Å². The first-order valence-corrected chi connectivity index (χ1v) is 14.4. The molecule has 208 valence electrons. The van der Waals surface area contributed by atoms with Crippen LogP contribution < -0.4 is 10.3 Å². The lowest BCUT2D eigenvalue weighted by atomic mass is 9.65. The Bertz CT molecular complexity index is 1180. The number of hydroxylamine groups is 1. The summed E-state index contributed by atoms with van der Waals surface area (Å²) in [6.45, 7) is 9.37. The van der Waals surface area contributed by atoms with Gasteiger partial charge in [0.25, 0.3) is 5.91 Å². The van der Waals surface area contributed by atoms with E-state index in [0.717, 1.165) is 18.4 Å². The van der Waals surface area contributed by atoms with Gasteiger partial charge in [-0.3, -0.25) is 15.0 Å². The molecule has 0 fully saturated rings. The van der Waals surface area contributed by atoms with E-state index < -0.39 is 32.8 Å². The van der Waals surface area contributed by atoms with Crippen LogP contribution in [0.5, 0.6) is 0 Å². The first kappa shape index (κ1) is 31.1. The average molecular weight is 545 g/mol. The fourth-order valence-electron chi connectivity index (χ4n) is 4.69. The van der Waals surface area contributed by atoms with Crippen molar-refractivity contribution in [3.63, 3.8) is 0 Å². The lowest BCUT2D eigenvalue weighted by Crippen LogP contribution is -2.60. The Morgan fingerprint density at radius 1 is 1.11 bits per heavy atom. The van der Waals surface area contributed by atoms with Gasteiger partial charge in [-0.15, -0.1) is 4.83 Å². The molecule has 0 bridgehead atoms. The van der Waals surface area contributed by atoms with Crippen molar-refractivity contribution < 1.29 is 23.2 Å². The van der Waals surface area contributed by atoms with Gasteiger partial charge in [0, 0.05) is 6.20 Å². The van der Waals surface area contributed by atoms with Gasteiger partial charge in [0.05, 0.1) is 16.9 Å². The molecule has 0 aliphatic rings. The molecule has 0 spiro atoms. The number of amides is 3. The number of nitrogens with zero attached hydrogens (tertiary/aromatic N) is 2. The number of carbonyl (C=O) groups excluding carboxylic acids is 2. The number of nitrogens with one attached hydrogen (secondary N) is 2. The Labute approximate surface area is 226 Å². The monoisotopic (exact) mass is 544 g/mol. The molecule has 3 amide bonds. The summed E-state index contributed by atoms with van der Waals surface area (Å²) in [5, 5.41) is 9.72. The van der Waals surface area contributed by atoms with Crippen LogP contribution in [-0.2, 0) is 20.2 Å². The van der Waals surface area contributed by atoms with E-state index in [0.29, 0.717) is 17.1 Å². The smallest absolute Gasteiger partial charge is 0.287 e. The van der Waals surface area contributed by atoms with Crippen molar-refractivity contribution >= 4 is 28.0 Å². The zero-order valence-corrected chi connectivity index (χ0v) is 23.7. The van der Waals surface area contributed by atoms with Gasteiger partial charge >= 0.3 is 6.03 Å². The van der Waals surface area contributed by atoms with Crippen LogP contribution in [0.4, 0.5) is 4.79 Å². The summed E-state index contributed by atoms with van der Waals surface area (Å²) in [7, 11) is -4.02. The number of hydrogen-bond acceptors (Lipinski definition) is 6. The van der Waals surface area contributed by atoms with Crippen LogP contribution in [0.15, 0.2) is 60.8 Å². The highest BCUT2D eigenvalue weighted by molar-refractivity contribution is 7.89. The summed E-state index contributed by atoms with van der Waals surface area (Å²) < 4.78 is 24.8. The normalized spacial score (nSPS) is 13.9. The first-order chi connectivity index (χ1) is 17.9. The molecule has 0 unspecified atom stereocenters. The number of hydrogen-bond donors (Lipinski definition) is 3. The standard InChI is InChI=1S/C28H40N4O5S/c1-6-38(36,37)31-32(26(34)30-35)25(33)28(20-22(2)3,24-17-11-13-19-29-24)21-27(4,5)18-12-10-16-23-14-8-7-9-15-23/h7-11,13-17,19,22,31,35H,6,12,18,20-21H2,1-5H3,(H,30,34)/t28-/m1/s1. The maximum atomic E-state index is 14.3. The zero-order valence-electron chi connectivity index (χ0n) is 22.8. The maximum absolute atomic E-state index is 14.3. The molecule has 0 aliphatic heterocycles. The average Bonchev–Trinajstić information content (AvgIpc) is 2.89. The number of imide groups is 1. The van der Waals surface area contributed by atoms with Crippen LogP contribution in [0.2, 0.25) is 0 Å². The van der Waals surface area contributed by atoms with Gasteiger partial charge in [0.2, 0.25) is 10.0 Å². The Morgan fingerprint density at radius 2 is 1.76 bits per heavy atom. The predicted octanol–water partition coefficient (Wildman–Crippen LogP) is 5.06. The van der Waals surface area contributed by atoms with E-state index in [1.165, 1.54) is 12.4 Å². The van der Waals surface area contributed by atoms with Crippen LogP contribution in [0.25, 0.3) is 6.08 Å². The quantitative estimate of drug-likeness (QED) is 0.239. The highest BCUT2D eigenvalue weighted by Gasteiger charge is 2.49. The summed E-state index contributed by atoms with van der Waals surface area (Å²) in [6.07, 6.45) is 7.77. The van der Waals surface area contributed by atoms with Gasteiger partial charge in [-0.25, -0.2) is 18.7 Å². The Kier molecular flexibility index (Phi) is 11.2. The molecule has 0 saturated carbocycles. The predicted molar refractivity (Wildman–Crippen MR) is 148 cm³/mol. The summed E-state index contributed by atoms with van der Waals surface area (Å²) in [5.41, 5.74) is 1.16. The molecule has 1 aromatic heterocycles. The number of carbonyl (C=O) groups is 2. The molecule has 10 heteroatoms. The van der Waals surface area contributed by atoms with E-state index in [1.807, 2.05) is 68.9 Å². The van der Waals surface area contributed by atoms with Crippen LogP contribution in [0.1, 0.15) is 71.6 Å². The largest absolute Gasteiger partial charge is 0.363 e. The van der Waals surface area contributed by atoms with Gasteiger partial charge in [0.15, 0.2) is 0 Å². The van der Waals surface area contributed by atoms with Crippen molar-refractivity contribution in [1.82, 2.24) is 20.3 Å². The number of rotatable bonds is 13. The molecule has 1 atom stereocenters.